The zero-order chi connectivity index (χ0) is 19.5. The number of rotatable bonds is 10. The molecule has 1 aromatic heterocycles. The molecule has 2 rings (SSSR count). The fourth-order valence-electron chi connectivity index (χ4n) is 2.48. The molecule has 0 fully saturated rings. The van der Waals surface area contributed by atoms with E-state index in [0.717, 1.165) is 0 Å². The highest BCUT2D eigenvalue weighted by Gasteiger charge is 2.06. The molecule has 0 amide bonds. The minimum atomic E-state index is -3.13. The molecular formula is C18H28N6O2S. The molecule has 0 aliphatic heterocycles. The molecule has 0 saturated carbocycles. The van der Waals surface area contributed by atoms with Crippen molar-refractivity contribution < 1.29 is 8.42 Å². The van der Waals surface area contributed by atoms with E-state index in [4.69, 9.17) is 0 Å². The van der Waals surface area contributed by atoms with Crippen LogP contribution in [0.4, 0.5) is 0 Å². The third kappa shape index (κ3) is 7.40. The zero-order valence-electron chi connectivity index (χ0n) is 15.9. The smallest absolute Gasteiger partial charge is 0.211 e. The summed E-state index contributed by atoms with van der Waals surface area (Å²) >= 11 is 0. The number of aromatic nitrogens is 2. The van der Waals surface area contributed by atoms with Gasteiger partial charge in [-0.05, 0) is 30.5 Å². The summed E-state index contributed by atoms with van der Waals surface area (Å²) in [6.07, 6.45) is 4.39. The van der Waals surface area contributed by atoms with Crippen LogP contribution in [0.2, 0.25) is 0 Å². The average molecular weight is 393 g/mol. The van der Waals surface area contributed by atoms with Crippen molar-refractivity contribution in [3.63, 3.8) is 0 Å². The van der Waals surface area contributed by atoms with E-state index in [1.807, 2.05) is 29.1 Å². The summed E-state index contributed by atoms with van der Waals surface area (Å²) in [5.74, 6) is 0.781. The highest BCUT2D eigenvalue weighted by atomic mass is 32.2. The van der Waals surface area contributed by atoms with Gasteiger partial charge in [-0.15, -0.1) is 0 Å². The average Bonchev–Trinajstić information content (AvgIpc) is 3.18. The van der Waals surface area contributed by atoms with Crippen LogP contribution in [0.5, 0.6) is 0 Å². The van der Waals surface area contributed by atoms with Crippen molar-refractivity contribution in [1.82, 2.24) is 25.1 Å². The van der Waals surface area contributed by atoms with Gasteiger partial charge in [-0.25, -0.2) is 13.1 Å². The van der Waals surface area contributed by atoms with Crippen LogP contribution in [0.3, 0.4) is 0 Å². The van der Waals surface area contributed by atoms with Crippen LogP contribution in [-0.2, 0) is 23.1 Å². The van der Waals surface area contributed by atoms with Gasteiger partial charge in [0.1, 0.15) is 0 Å². The van der Waals surface area contributed by atoms with E-state index < -0.39 is 10.0 Å². The van der Waals surface area contributed by atoms with Gasteiger partial charge in [-0.2, -0.15) is 5.10 Å². The third-order valence-corrected chi connectivity index (χ3v) is 5.43. The van der Waals surface area contributed by atoms with Gasteiger partial charge in [-0.3, -0.25) is 9.67 Å². The summed E-state index contributed by atoms with van der Waals surface area (Å²) in [5.41, 5.74) is 2.37. The van der Waals surface area contributed by atoms with Crippen molar-refractivity contribution in [2.45, 2.75) is 26.4 Å². The Labute approximate surface area is 161 Å². The Balaban J connectivity index is 1.79. The first-order chi connectivity index (χ1) is 13.0. The molecule has 0 unspecified atom stereocenters. The van der Waals surface area contributed by atoms with Crippen LogP contribution < -0.4 is 15.4 Å². The molecule has 0 bridgehead atoms. The van der Waals surface area contributed by atoms with Crippen LogP contribution >= 0.6 is 0 Å². The molecule has 0 spiro atoms. The molecule has 0 aliphatic carbocycles. The van der Waals surface area contributed by atoms with Gasteiger partial charge in [0.15, 0.2) is 5.96 Å². The van der Waals surface area contributed by atoms with Gasteiger partial charge in [0.05, 0.1) is 12.3 Å². The Morgan fingerprint density at radius 1 is 1.15 bits per heavy atom. The van der Waals surface area contributed by atoms with Crippen molar-refractivity contribution in [2.24, 2.45) is 4.99 Å². The quantitative estimate of drug-likeness (QED) is 0.317. The maximum atomic E-state index is 11.4. The van der Waals surface area contributed by atoms with E-state index in [0.29, 0.717) is 38.6 Å². The van der Waals surface area contributed by atoms with Crippen molar-refractivity contribution >= 4 is 16.0 Å². The molecule has 0 radical (unpaired) electrons. The van der Waals surface area contributed by atoms with Crippen LogP contribution in [0.1, 0.15) is 24.5 Å². The second-order valence-electron chi connectivity index (χ2n) is 5.98. The molecule has 0 saturated heterocycles. The highest BCUT2D eigenvalue weighted by Crippen LogP contribution is 2.10. The number of nitrogens with zero attached hydrogens (tertiary/aromatic N) is 3. The minimum Gasteiger partial charge on any atom is -0.356 e. The van der Waals surface area contributed by atoms with Gasteiger partial charge < -0.3 is 10.6 Å². The highest BCUT2D eigenvalue weighted by molar-refractivity contribution is 7.89. The summed E-state index contributed by atoms with van der Waals surface area (Å²) in [5, 5.41) is 10.7. The lowest BCUT2D eigenvalue weighted by Crippen LogP contribution is -2.38. The molecule has 3 N–H and O–H groups in total. The van der Waals surface area contributed by atoms with E-state index in [1.54, 1.807) is 20.2 Å². The second-order valence-corrected chi connectivity index (χ2v) is 8.07. The monoisotopic (exact) mass is 392 g/mol. The van der Waals surface area contributed by atoms with Crippen LogP contribution in [-0.4, -0.2) is 50.0 Å². The van der Waals surface area contributed by atoms with E-state index in [-0.39, 0.29) is 5.75 Å². The third-order valence-electron chi connectivity index (χ3n) is 4.03. The van der Waals surface area contributed by atoms with Crippen molar-refractivity contribution in [1.29, 1.82) is 0 Å². The Morgan fingerprint density at radius 3 is 2.59 bits per heavy atom. The molecule has 8 nitrogen and oxygen atoms in total. The molecular weight excluding hydrogens is 364 g/mol. The first-order valence-electron chi connectivity index (χ1n) is 9.00. The normalized spacial score (nSPS) is 12.1. The van der Waals surface area contributed by atoms with Gasteiger partial charge in [0.2, 0.25) is 10.0 Å². The number of benzene rings is 1. The van der Waals surface area contributed by atoms with Crippen LogP contribution in [0, 0.1) is 0 Å². The summed E-state index contributed by atoms with van der Waals surface area (Å²) < 4.78 is 27.2. The molecule has 0 atom stereocenters. The van der Waals surface area contributed by atoms with E-state index >= 15 is 0 Å². The first-order valence-corrected chi connectivity index (χ1v) is 10.7. The summed E-state index contributed by atoms with van der Waals surface area (Å²) in [6.45, 7) is 4.01. The van der Waals surface area contributed by atoms with E-state index in [9.17, 15) is 8.42 Å². The topological polar surface area (TPSA) is 100 Å². The van der Waals surface area contributed by atoms with E-state index in [1.165, 1.54) is 11.1 Å². The second kappa shape index (κ2) is 10.7. The van der Waals surface area contributed by atoms with Gasteiger partial charge in [0.25, 0.3) is 0 Å². The fraction of sp³-hybridized carbons (Fsp3) is 0.444. The fourth-order valence-corrected chi connectivity index (χ4v) is 3.14. The standard InChI is InChI=1S/C18H28N6O2S/c1-3-27(25,26)23-12-6-10-20-18(19-2)21-14-16-8-4-5-9-17(16)15-24-13-7-11-22-24/h4-5,7-9,11,13,23H,3,6,10,12,14-15H2,1-2H3,(H2,19,20,21). The number of nitrogens with one attached hydrogen (secondary N) is 3. The van der Waals surface area contributed by atoms with Gasteiger partial charge in [0, 0.05) is 39.1 Å². The molecule has 0 aliphatic rings. The summed E-state index contributed by atoms with van der Waals surface area (Å²) in [6, 6.07) is 10.1. The number of hydrogen-bond acceptors (Lipinski definition) is 4. The van der Waals surface area contributed by atoms with Crippen molar-refractivity contribution in [3.8, 4) is 0 Å². The predicted octanol–water partition coefficient (Wildman–Crippen LogP) is 0.926. The SMILES string of the molecule is CCS(=O)(=O)NCCCNC(=NC)NCc1ccccc1Cn1cccn1. The Kier molecular flexibility index (Phi) is 8.28. The Hall–Kier alpha value is -2.39. The molecule has 1 aromatic carbocycles. The number of sulfonamides is 1. The van der Waals surface area contributed by atoms with Gasteiger partial charge in [-0.1, -0.05) is 24.3 Å². The maximum absolute atomic E-state index is 11.4. The number of hydrogen-bond donors (Lipinski definition) is 3. The molecule has 2 aromatic rings. The molecule has 148 valence electrons. The number of guanidine groups is 1. The van der Waals surface area contributed by atoms with Crippen molar-refractivity contribution in [2.75, 3.05) is 25.9 Å². The lowest BCUT2D eigenvalue weighted by molar-refractivity contribution is 0.579. The first kappa shape index (κ1) is 20.9. The minimum absolute atomic E-state index is 0.0988. The van der Waals surface area contributed by atoms with Gasteiger partial charge >= 0.3 is 0 Å². The Bertz CT molecular complexity index is 818. The summed E-state index contributed by atoms with van der Waals surface area (Å²) in [7, 11) is -1.42. The van der Waals surface area contributed by atoms with Crippen LogP contribution in [0.15, 0.2) is 47.7 Å². The van der Waals surface area contributed by atoms with Crippen molar-refractivity contribution in [3.05, 3.63) is 53.9 Å². The van der Waals surface area contributed by atoms with E-state index in [2.05, 4.69) is 37.6 Å². The maximum Gasteiger partial charge on any atom is 0.211 e. The van der Waals surface area contributed by atoms with Crippen LogP contribution in [0.25, 0.3) is 0 Å². The lowest BCUT2D eigenvalue weighted by atomic mass is 10.1. The number of aliphatic imine (C=N–C) groups is 1. The zero-order valence-corrected chi connectivity index (χ0v) is 16.7. The lowest BCUT2D eigenvalue weighted by Gasteiger charge is -2.14. The molecule has 9 heteroatoms. The molecule has 27 heavy (non-hydrogen) atoms. The predicted molar refractivity (Wildman–Crippen MR) is 108 cm³/mol. The molecule has 1 heterocycles. The Morgan fingerprint density at radius 2 is 1.93 bits per heavy atom. The largest absolute Gasteiger partial charge is 0.356 e. The summed E-state index contributed by atoms with van der Waals surface area (Å²) in [4.78, 5) is 4.21.